The number of nitrogens with zero attached hydrogens (tertiary/aromatic N) is 2. The predicted octanol–water partition coefficient (Wildman–Crippen LogP) is 0.189. The molecule has 5 heteroatoms. The minimum Gasteiger partial charge on any atom is -0.395 e. The molecule has 72 valence electrons. The Labute approximate surface area is 85.1 Å². The lowest BCUT2D eigenvalue weighted by Gasteiger charge is -2.21. The van der Waals surface area contributed by atoms with Gasteiger partial charge in [0.1, 0.15) is 0 Å². The fraction of sp³-hybridized carbons (Fsp3) is 0.625. The van der Waals surface area contributed by atoms with Crippen LogP contribution in [0.3, 0.4) is 0 Å². The maximum absolute atomic E-state index is 9.01. The molecule has 1 aromatic heterocycles. The first-order chi connectivity index (χ1) is 6.22. The van der Waals surface area contributed by atoms with E-state index < -0.39 is 0 Å². The predicted molar refractivity (Wildman–Crippen MR) is 52.3 cm³/mol. The van der Waals surface area contributed by atoms with Crippen molar-refractivity contribution in [3.63, 3.8) is 0 Å². The zero-order valence-corrected chi connectivity index (χ0v) is 9.00. The van der Waals surface area contributed by atoms with Crippen molar-refractivity contribution in [1.82, 2.24) is 14.9 Å². The van der Waals surface area contributed by atoms with Gasteiger partial charge in [-0.2, -0.15) is 0 Å². The van der Waals surface area contributed by atoms with E-state index in [4.69, 9.17) is 5.11 Å². The van der Waals surface area contributed by atoms with Gasteiger partial charge in [-0.3, -0.25) is 0 Å². The van der Waals surface area contributed by atoms with E-state index in [0.717, 1.165) is 23.4 Å². The second-order valence-electron chi connectivity index (χ2n) is 3.30. The van der Waals surface area contributed by atoms with Crippen LogP contribution in [0.1, 0.15) is 11.4 Å². The summed E-state index contributed by atoms with van der Waals surface area (Å²) in [6, 6.07) is 0.176. The lowest BCUT2D eigenvalue weighted by Crippen LogP contribution is -2.38. The first-order valence-electron chi connectivity index (χ1n) is 4.26. The molecule has 0 fully saturated rings. The van der Waals surface area contributed by atoms with E-state index in [-0.39, 0.29) is 12.6 Å². The van der Waals surface area contributed by atoms with Crippen LogP contribution in [-0.2, 0) is 20.0 Å². The van der Waals surface area contributed by atoms with Gasteiger partial charge in [0.05, 0.1) is 12.3 Å². The number of aliphatic hydroxyl groups is 1. The molecule has 1 aliphatic heterocycles. The number of nitrogens with one attached hydrogen (secondary N) is 1. The third-order valence-electron chi connectivity index (χ3n) is 2.46. The van der Waals surface area contributed by atoms with Gasteiger partial charge in [-0.25, -0.2) is 4.98 Å². The molecule has 0 aromatic carbocycles. The Bertz CT molecular complexity index is 323. The van der Waals surface area contributed by atoms with E-state index in [1.54, 1.807) is 0 Å². The quantitative estimate of drug-likeness (QED) is 0.743. The fourth-order valence-corrected chi connectivity index (χ4v) is 2.06. The van der Waals surface area contributed by atoms with Crippen molar-refractivity contribution in [3.8, 4) is 0 Å². The van der Waals surface area contributed by atoms with Gasteiger partial charge in [-0.1, -0.05) is 0 Å². The number of hydrogen-bond donors (Lipinski definition) is 2. The zero-order valence-electron chi connectivity index (χ0n) is 7.42. The second kappa shape index (κ2) is 3.40. The van der Waals surface area contributed by atoms with Crippen LogP contribution in [0, 0.1) is 0 Å². The highest BCUT2D eigenvalue weighted by Gasteiger charge is 2.22. The summed E-state index contributed by atoms with van der Waals surface area (Å²) in [6.07, 6.45) is 0.848. The first-order valence-corrected chi connectivity index (χ1v) is 5.06. The van der Waals surface area contributed by atoms with Gasteiger partial charge in [0.25, 0.3) is 0 Å². The number of fused-ring (bicyclic) bond motifs is 1. The lowest BCUT2D eigenvalue weighted by molar-refractivity contribution is 0.233. The van der Waals surface area contributed by atoms with E-state index in [1.807, 2.05) is 11.6 Å². The molecule has 0 saturated heterocycles. The van der Waals surface area contributed by atoms with Gasteiger partial charge in [-0.15, -0.1) is 0 Å². The Balaban J connectivity index is 2.32. The normalized spacial score (nSPS) is 21.6. The summed E-state index contributed by atoms with van der Waals surface area (Å²) in [6.45, 7) is 0.933. The molecule has 1 aliphatic rings. The number of halogens is 1. The van der Waals surface area contributed by atoms with Crippen molar-refractivity contribution in [2.45, 2.75) is 19.0 Å². The summed E-state index contributed by atoms with van der Waals surface area (Å²) in [7, 11) is 1.98. The molecule has 4 nitrogen and oxygen atoms in total. The second-order valence-corrected chi connectivity index (χ2v) is 4.01. The summed E-state index contributed by atoms with van der Waals surface area (Å²) >= 11 is 3.38. The van der Waals surface area contributed by atoms with Crippen molar-refractivity contribution in [2.24, 2.45) is 7.05 Å². The average molecular weight is 246 g/mol. The van der Waals surface area contributed by atoms with Gasteiger partial charge >= 0.3 is 0 Å². The maximum Gasteiger partial charge on any atom is 0.177 e. The average Bonchev–Trinajstić information content (AvgIpc) is 2.43. The van der Waals surface area contributed by atoms with Crippen LogP contribution in [0.5, 0.6) is 0 Å². The Morgan fingerprint density at radius 3 is 3.23 bits per heavy atom. The topological polar surface area (TPSA) is 50.1 Å². The molecule has 2 rings (SSSR count). The van der Waals surface area contributed by atoms with Gasteiger partial charge in [-0.05, 0) is 15.9 Å². The summed E-state index contributed by atoms with van der Waals surface area (Å²) in [5.74, 6) is 0. The van der Waals surface area contributed by atoms with Crippen LogP contribution in [0.2, 0.25) is 0 Å². The first kappa shape index (κ1) is 9.18. The molecule has 0 bridgehead atoms. The van der Waals surface area contributed by atoms with E-state index in [0.29, 0.717) is 0 Å². The summed E-state index contributed by atoms with van der Waals surface area (Å²) in [5, 5.41) is 12.2. The smallest absolute Gasteiger partial charge is 0.177 e. The monoisotopic (exact) mass is 245 g/mol. The van der Waals surface area contributed by atoms with Gasteiger partial charge in [0.15, 0.2) is 4.73 Å². The molecule has 0 aliphatic carbocycles. The van der Waals surface area contributed by atoms with Crippen LogP contribution >= 0.6 is 15.9 Å². The molecular weight excluding hydrogens is 234 g/mol. The molecule has 0 amide bonds. The molecule has 1 aromatic rings. The molecule has 1 atom stereocenters. The molecular formula is C8H12BrN3O. The number of aromatic nitrogens is 2. The van der Waals surface area contributed by atoms with Crippen molar-refractivity contribution in [1.29, 1.82) is 0 Å². The van der Waals surface area contributed by atoms with Crippen LogP contribution in [-0.4, -0.2) is 27.3 Å². The fourth-order valence-electron chi connectivity index (χ4n) is 1.63. The summed E-state index contributed by atoms with van der Waals surface area (Å²) < 4.78 is 2.89. The standard InChI is InChI=1S/C8H12BrN3O/c1-12-7-2-5(4-13)10-3-6(7)11-8(12)9/h5,10,13H,2-4H2,1H3. The Morgan fingerprint density at radius 2 is 2.54 bits per heavy atom. The third kappa shape index (κ3) is 1.51. The van der Waals surface area contributed by atoms with Gasteiger partial charge in [0, 0.05) is 31.7 Å². The van der Waals surface area contributed by atoms with Crippen molar-refractivity contribution >= 4 is 15.9 Å². The SMILES string of the molecule is Cn1c(Br)nc2c1CC(CO)NC2. The largest absolute Gasteiger partial charge is 0.395 e. The summed E-state index contributed by atoms with van der Waals surface area (Å²) in [4.78, 5) is 4.35. The molecule has 0 saturated carbocycles. The molecule has 13 heavy (non-hydrogen) atoms. The molecule has 0 radical (unpaired) electrons. The molecule has 2 N–H and O–H groups in total. The van der Waals surface area contributed by atoms with E-state index in [1.165, 1.54) is 5.69 Å². The van der Waals surface area contributed by atoms with Crippen molar-refractivity contribution < 1.29 is 5.11 Å². The highest BCUT2D eigenvalue weighted by atomic mass is 79.9. The third-order valence-corrected chi connectivity index (χ3v) is 3.17. The van der Waals surface area contributed by atoms with Crippen LogP contribution in [0.4, 0.5) is 0 Å². The lowest BCUT2D eigenvalue weighted by atomic mass is 10.1. The maximum atomic E-state index is 9.01. The number of rotatable bonds is 1. The van der Waals surface area contributed by atoms with Crippen LogP contribution in [0.25, 0.3) is 0 Å². The van der Waals surface area contributed by atoms with Crippen molar-refractivity contribution in [3.05, 3.63) is 16.1 Å². The number of imidazole rings is 1. The summed E-state index contributed by atoms with van der Waals surface area (Å²) in [5.41, 5.74) is 2.30. The van der Waals surface area contributed by atoms with E-state index in [9.17, 15) is 0 Å². The number of hydrogen-bond acceptors (Lipinski definition) is 3. The minimum atomic E-state index is 0.176. The van der Waals surface area contributed by atoms with Gasteiger partial charge < -0.3 is 15.0 Å². The number of aliphatic hydroxyl groups excluding tert-OH is 1. The minimum absolute atomic E-state index is 0.176. The molecule has 0 spiro atoms. The Morgan fingerprint density at radius 1 is 1.77 bits per heavy atom. The van der Waals surface area contributed by atoms with E-state index in [2.05, 4.69) is 26.2 Å². The Kier molecular flexibility index (Phi) is 2.40. The molecule has 1 unspecified atom stereocenters. The Hall–Kier alpha value is -0.390. The van der Waals surface area contributed by atoms with Gasteiger partial charge in [0.2, 0.25) is 0 Å². The van der Waals surface area contributed by atoms with Crippen LogP contribution < -0.4 is 5.32 Å². The zero-order chi connectivity index (χ0) is 9.42. The highest BCUT2D eigenvalue weighted by molar-refractivity contribution is 9.10. The van der Waals surface area contributed by atoms with Crippen LogP contribution in [0.15, 0.2) is 4.73 Å². The van der Waals surface area contributed by atoms with E-state index >= 15 is 0 Å². The van der Waals surface area contributed by atoms with Crippen molar-refractivity contribution in [2.75, 3.05) is 6.61 Å². The highest BCUT2D eigenvalue weighted by Crippen LogP contribution is 2.20. The molecule has 2 heterocycles.